The van der Waals surface area contributed by atoms with E-state index in [4.69, 9.17) is 23.2 Å². The van der Waals surface area contributed by atoms with E-state index in [1.807, 2.05) is 0 Å². The summed E-state index contributed by atoms with van der Waals surface area (Å²) in [5.74, 6) is -0.460. The van der Waals surface area contributed by atoms with Crippen molar-refractivity contribution >= 4 is 41.0 Å². The Balaban J connectivity index is 0.000000549. The lowest BCUT2D eigenvalue weighted by Gasteiger charge is -2.16. The van der Waals surface area contributed by atoms with Crippen LogP contribution in [0.1, 0.15) is 43.2 Å². The van der Waals surface area contributed by atoms with E-state index >= 15 is 0 Å². The minimum absolute atomic E-state index is 0.0719. The molecule has 1 aromatic rings. The number of urea groups is 1. The molecule has 8 heteroatoms. The SMILES string of the molecule is C1CC1.O=C1NC(=O)C(CCC(=O)N2Cc3cc(Cl)c(Cl)cc3C2)N1. The highest BCUT2D eigenvalue weighted by Gasteiger charge is 2.31. The summed E-state index contributed by atoms with van der Waals surface area (Å²) in [6.07, 6.45) is 4.97. The van der Waals surface area contributed by atoms with Gasteiger partial charge in [-0.15, -0.1) is 0 Å². The highest BCUT2D eigenvalue weighted by Crippen LogP contribution is 2.31. The van der Waals surface area contributed by atoms with Crippen LogP contribution in [0.3, 0.4) is 0 Å². The van der Waals surface area contributed by atoms with Gasteiger partial charge in [-0.3, -0.25) is 14.9 Å². The van der Waals surface area contributed by atoms with Gasteiger partial charge in [0, 0.05) is 19.5 Å². The standard InChI is InChI=1S/C14H13Cl2N3O3.C3H6/c15-9-3-7-5-19(6-8(7)4-10(9)16)12(20)2-1-11-13(21)18-14(22)17-11;1-2-3-1/h3-4,11H,1-2,5-6H2,(H2,17,18,21,22);1-3H2. The predicted molar refractivity (Wildman–Crippen MR) is 94.3 cm³/mol. The number of hydrogen-bond donors (Lipinski definition) is 2. The third-order valence-electron chi connectivity index (χ3n) is 4.18. The normalized spacial score (nSPS) is 20.4. The maximum absolute atomic E-state index is 12.2. The van der Waals surface area contributed by atoms with Crippen molar-refractivity contribution in [2.45, 2.75) is 51.2 Å². The van der Waals surface area contributed by atoms with Gasteiger partial charge in [-0.1, -0.05) is 42.5 Å². The number of imide groups is 1. The number of carbonyl (C=O) groups excluding carboxylic acids is 3. The number of rotatable bonds is 3. The average molecular weight is 384 g/mol. The Morgan fingerprint density at radius 2 is 1.64 bits per heavy atom. The van der Waals surface area contributed by atoms with Crippen LogP contribution in [0.15, 0.2) is 12.1 Å². The van der Waals surface area contributed by atoms with E-state index in [9.17, 15) is 14.4 Å². The predicted octanol–water partition coefficient (Wildman–Crippen LogP) is 2.99. The first kappa shape index (κ1) is 18.0. The van der Waals surface area contributed by atoms with Crippen molar-refractivity contribution in [2.75, 3.05) is 0 Å². The first-order chi connectivity index (χ1) is 11.9. The number of amides is 4. The lowest BCUT2D eigenvalue weighted by atomic mass is 10.1. The van der Waals surface area contributed by atoms with Crippen LogP contribution < -0.4 is 10.6 Å². The van der Waals surface area contributed by atoms with Gasteiger partial charge in [0.05, 0.1) is 10.0 Å². The van der Waals surface area contributed by atoms with Crippen molar-refractivity contribution < 1.29 is 14.4 Å². The Morgan fingerprint density at radius 3 is 2.08 bits per heavy atom. The molecule has 1 atom stereocenters. The van der Waals surface area contributed by atoms with E-state index in [2.05, 4.69) is 10.6 Å². The Labute approximate surface area is 155 Å². The van der Waals surface area contributed by atoms with E-state index in [0.717, 1.165) is 11.1 Å². The number of nitrogens with zero attached hydrogens (tertiary/aromatic N) is 1. The fourth-order valence-corrected chi connectivity index (χ4v) is 3.03. The molecule has 0 radical (unpaired) electrons. The van der Waals surface area contributed by atoms with Crippen LogP contribution in [-0.4, -0.2) is 28.8 Å². The maximum Gasteiger partial charge on any atom is 0.322 e. The van der Waals surface area contributed by atoms with E-state index in [-0.39, 0.29) is 24.7 Å². The number of hydrogen-bond acceptors (Lipinski definition) is 3. The molecule has 2 aliphatic heterocycles. The molecule has 0 bridgehead atoms. The first-order valence-corrected chi connectivity index (χ1v) is 9.05. The van der Waals surface area contributed by atoms with Gasteiger partial charge in [0.1, 0.15) is 6.04 Å². The molecule has 25 heavy (non-hydrogen) atoms. The summed E-state index contributed by atoms with van der Waals surface area (Å²) < 4.78 is 0. The molecule has 4 rings (SSSR count). The van der Waals surface area contributed by atoms with E-state index in [1.165, 1.54) is 19.3 Å². The quantitative estimate of drug-likeness (QED) is 0.787. The summed E-state index contributed by atoms with van der Waals surface area (Å²) in [6.45, 7) is 0.961. The fourth-order valence-electron chi connectivity index (χ4n) is 2.66. The van der Waals surface area contributed by atoms with Gasteiger partial charge < -0.3 is 10.2 Å². The van der Waals surface area contributed by atoms with Crippen LogP contribution in [0.25, 0.3) is 0 Å². The Bertz CT molecular complexity index is 688. The molecule has 1 saturated heterocycles. The number of fused-ring (bicyclic) bond motifs is 1. The Morgan fingerprint density at radius 1 is 1.08 bits per heavy atom. The van der Waals surface area contributed by atoms with Crippen LogP contribution in [0.4, 0.5) is 4.79 Å². The van der Waals surface area contributed by atoms with Crippen molar-refractivity contribution in [1.29, 1.82) is 0 Å². The average Bonchev–Trinajstić information content (AvgIpc) is 3.33. The summed E-state index contributed by atoms with van der Waals surface area (Å²) in [7, 11) is 0. The van der Waals surface area contributed by atoms with E-state index < -0.39 is 12.1 Å². The zero-order chi connectivity index (χ0) is 18.0. The number of benzene rings is 1. The summed E-state index contributed by atoms with van der Waals surface area (Å²) in [4.78, 5) is 36.4. The zero-order valence-electron chi connectivity index (χ0n) is 13.6. The molecule has 1 aliphatic carbocycles. The van der Waals surface area contributed by atoms with Crippen molar-refractivity contribution in [2.24, 2.45) is 0 Å². The van der Waals surface area contributed by atoms with Crippen molar-refractivity contribution in [3.63, 3.8) is 0 Å². The van der Waals surface area contributed by atoms with Gasteiger partial charge in [-0.2, -0.15) is 0 Å². The van der Waals surface area contributed by atoms with Gasteiger partial charge in [-0.25, -0.2) is 4.79 Å². The second-order valence-corrected chi connectivity index (χ2v) is 7.21. The molecule has 1 unspecified atom stereocenters. The van der Waals surface area contributed by atoms with Crippen LogP contribution in [0.2, 0.25) is 10.0 Å². The van der Waals surface area contributed by atoms with Gasteiger partial charge in [0.2, 0.25) is 5.91 Å². The molecule has 2 N–H and O–H groups in total. The summed E-state index contributed by atoms with van der Waals surface area (Å²) in [6, 6.07) is 2.40. The molecule has 0 aromatic heterocycles. The van der Waals surface area contributed by atoms with Crippen LogP contribution >= 0.6 is 23.2 Å². The van der Waals surface area contributed by atoms with Gasteiger partial charge in [0.25, 0.3) is 5.91 Å². The molecule has 1 saturated carbocycles. The van der Waals surface area contributed by atoms with Crippen LogP contribution in [0, 0.1) is 0 Å². The molecule has 134 valence electrons. The van der Waals surface area contributed by atoms with E-state index in [1.54, 1.807) is 17.0 Å². The number of halogens is 2. The molecule has 3 aliphatic rings. The van der Waals surface area contributed by atoms with Crippen molar-refractivity contribution in [3.05, 3.63) is 33.3 Å². The minimum Gasteiger partial charge on any atom is -0.334 e. The second-order valence-electron chi connectivity index (χ2n) is 6.40. The summed E-state index contributed by atoms with van der Waals surface area (Å²) >= 11 is 12.0. The van der Waals surface area contributed by atoms with E-state index in [0.29, 0.717) is 23.1 Å². The smallest absolute Gasteiger partial charge is 0.322 e. The van der Waals surface area contributed by atoms with Gasteiger partial charge in [-0.05, 0) is 29.7 Å². The van der Waals surface area contributed by atoms with Crippen molar-refractivity contribution in [1.82, 2.24) is 15.5 Å². The summed E-state index contributed by atoms with van der Waals surface area (Å²) in [5.41, 5.74) is 1.96. The van der Waals surface area contributed by atoms with Crippen LogP contribution in [0.5, 0.6) is 0 Å². The monoisotopic (exact) mass is 383 g/mol. The maximum atomic E-state index is 12.2. The molecular weight excluding hydrogens is 365 g/mol. The Hall–Kier alpha value is -1.79. The third-order valence-corrected chi connectivity index (χ3v) is 4.90. The zero-order valence-corrected chi connectivity index (χ0v) is 15.1. The highest BCUT2D eigenvalue weighted by molar-refractivity contribution is 6.42. The lowest BCUT2D eigenvalue weighted by molar-refractivity contribution is -0.132. The molecule has 1 aromatic carbocycles. The second kappa shape index (κ2) is 7.62. The topological polar surface area (TPSA) is 78.5 Å². The number of carbonyl (C=O) groups is 3. The lowest BCUT2D eigenvalue weighted by Crippen LogP contribution is -2.32. The first-order valence-electron chi connectivity index (χ1n) is 8.30. The fraction of sp³-hybridized carbons (Fsp3) is 0.471. The van der Waals surface area contributed by atoms with Crippen LogP contribution in [-0.2, 0) is 22.7 Å². The molecular formula is C17H19Cl2N3O3. The largest absolute Gasteiger partial charge is 0.334 e. The van der Waals surface area contributed by atoms with Crippen molar-refractivity contribution in [3.8, 4) is 0 Å². The highest BCUT2D eigenvalue weighted by atomic mass is 35.5. The molecule has 2 heterocycles. The number of nitrogens with one attached hydrogen (secondary N) is 2. The third kappa shape index (κ3) is 4.64. The molecule has 6 nitrogen and oxygen atoms in total. The molecule has 0 spiro atoms. The molecule has 2 fully saturated rings. The van der Waals surface area contributed by atoms with Gasteiger partial charge >= 0.3 is 6.03 Å². The Kier molecular flexibility index (Phi) is 5.49. The van der Waals surface area contributed by atoms with Gasteiger partial charge in [0.15, 0.2) is 0 Å². The minimum atomic E-state index is -0.634. The molecule has 4 amide bonds. The summed E-state index contributed by atoms with van der Waals surface area (Å²) in [5, 5.41) is 5.56.